The van der Waals surface area contributed by atoms with Crippen molar-refractivity contribution in [3.8, 4) is 0 Å². The molecular weight excluding hydrogens is 612 g/mol. The van der Waals surface area contributed by atoms with Crippen LogP contribution in [0.2, 0.25) is 0 Å². The van der Waals surface area contributed by atoms with E-state index < -0.39 is 47.8 Å². The second kappa shape index (κ2) is 13.3. The van der Waals surface area contributed by atoms with Crippen LogP contribution in [-0.4, -0.2) is 98.4 Å². The normalized spacial score (nSPS) is 37.2. The number of carbonyl (C=O) groups is 4. The predicted molar refractivity (Wildman–Crippen MR) is 174 cm³/mol. The molecule has 0 N–H and O–H groups in total. The van der Waals surface area contributed by atoms with Gasteiger partial charge in [-0.2, -0.15) is 0 Å². The minimum Gasteiger partial charge on any atom is -0.469 e. The van der Waals surface area contributed by atoms with Crippen LogP contribution in [0.25, 0.3) is 0 Å². The Labute approximate surface area is 282 Å². The van der Waals surface area contributed by atoms with E-state index in [-0.39, 0.29) is 47.9 Å². The summed E-state index contributed by atoms with van der Waals surface area (Å²) in [5.41, 5.74) is 1.85. The minimum absolute atomic E-state index is 0.0757. The van der Waals surface area contributed by atoms with Crippen LogP contribution in [0.4, 0.5) is 0 Å². The fraction of sp³-hybridized carbons (Fsp3) is 0.579. The molecular formula is C38H46N2O8. The van der Waals surface area contributed by atoms with Crippen molar-refractivity contribution >= 4 is 23.9 Å². The fourth-order valence-electron chi connectivity index (χ4n) is 9.94. The monoisotopic (exact) mass is 658 g/mol. The summed E-state index contributed by atoms with van der Waals surface area (Å²) < 4.78 is 23.1. The van der Waals surface area contributed by atoms with Crippen molar-refractivity contribution in [3.05, 3.63) is 71.8 Å². The smallest absolute Gasteiger partial charge is 0.314 e. The summed E-state index contributed by atoms with van der Waals surface area (Å²) in [5.74, 6) is -5.41. The van der Waals surface area contributed by atoms with Crippen LogP contribution in [0.5, 0.6) is 0 Å². The number of ether oxygens (including phenoxy) is 4. The van der Waals surface area contributed by atoms with E-state index in [0.717, 1.165) is 36.8 Å². The topological polar surface area (TPSA) is 112 Å². The molecule has 5 fully saturated rings. The Kier molecular flexibility index (Phi) is 9.06. The number of carbonyl (C=O) groups excluding carboxylic acids is 4. The van der Waals surface area contributed by atoms with Gasteiger partial charge in [-0.05, 0) is 50.9 Å². The van der Waals surface area contributed by atoms with Gasteiger partial charge >= 0.3 is 23.9 Å². The number of esters is 4. The van der Waals surface area contributed by atoms with E-state index in [1.54, 1.807) is 0 Å². The largest absolute Gasteiger partial charge is 0.469 e. The average Bonchev–Trinajstić information content (AvgIpc) is 3.45. The van der Waals surface area contributed by atoms with E-state index in [1.807, 2.05) is 74.8 Å². The van der Waals surface area contributed by atoms with Crippen molar-refractivity contribution < 1.29 is 38.1 Å². The zero-order valence-electron chi connectivity index (χ0n) is 28.1. The number of methoxy groups -OCH3 is 2. The van der Waals surface area contributed by atoms with Crippen molar-refractivity contribution in [2.24, 2.45) is 23.7 Å². The van der Waals surface area contributed by atoms with Gasteiger partial charge in [-0.3, -0.25) is 29.0 Å². The van der Waals surface area contributed by atoms with Gasteiger partial charge < -0.3 is 18.9 Å². The summed E-state index contributed by atoms with van der Waals surface area (Å²) in [6.07, 6.45) is 3.24. The molecule has 0 amide bonds. The lowest BCUT2D eigenvalue weighted by Gasteiger charge is -2.51. The lowest BCUT2D eigenvalue weighted by atomic mass is 9.52. The summed E-state index contributed by atoms with van der Waals surface area (Å²) in [6, 6.07) is 19.8. The molecule has 10 nitrogen and oxygen atoms in total. The third kappa shape index (κ3) is 5.50. The van der Waals surface area contributed by atoms with Crippen molar-refractivity contribution in [1.29, 1.82) is 0 Å². The SMILES string of the molecule is COC(=O)[C@H]1[C@@H](OC(=O)[C@@H]2[C@H](C(=O)O[C@H]3C[C@@H]4CC[C@H]([C@H]3C(=O)OC)N4C)[C@@H](c3ccccc3)[C@H]2c2ccccc2)C[C@@H]2CC[C@H]1N2C. The quantitative estimate of drug-likeness (QED) is 0.306. The first-order valence-corrected chi connectivity index (χ1v) is 17.3. The molecule has 4 saturated heterocycles. The van der Waals surface area contributed by atoms with Crippen LogP contribution in [0, 0.1) is 23.7 Å². The zero-order valence-corrected chi connectivity index (χ0v) is 28.1. The highest BCUT2D eigenvalue weighted by Crippen LogP contribution is 2.59. The fourth-order valence-corrected chi connectivity index (χ4v) is 9.94. The maximum absolute atomic E-state index is 14.5. The highest BCUT2D eigenvalue weighted by Gasteiger charge is 2.62. The Morgan fingerprint density at radius 3 is 1.27 bits per heavy atom. The van der Waals surface area contributed by atoms with E-state index in [9.17, 15) is 19.2 Å². The van der Waals surface area contributed by atoms with Crippen LogP contribution in [0.15, 0.2) is 60.7 Å². The Hall–Kier alpha value is -3.76. The van der Waals surface area contributed by atoms with Crippen LogP contribution in [0.1, 0.15) is 61.5 Å². The number of hydrogen-bond acceptors (Lipinski definition) is 10. The second-order valence-electron chi connectivity index (χ2n) is 14.4. The molecule has 4 bridgehead atoms. The number of rotatable bonds is 8. The standard InChI is InChI=1S/C38H46N2O8/c1-39-23-15-17-25(39)31(35(41)45-3)27(19-23)47-37(43)33-29(21-11-7-5-8-12-21)30(22-13-9-6-10-14-22)34(33)38(44)48-28-20-24-16-18-26(40(24)2)32(28)36(42)46-4/h5-14,23-34H,15-20H2,1-4H3/t23-,24-,25+,26+,27-,28-,29-,30+,31+,32+,33+,34-/m0/s1. The van der Waals surface area contributed by atoms with Gasteiger partial charge in [0, 0.05) is 48.8 Å². The van der Waals surface area contributed by atoms with Crippen molar-refractivity contribution in [1.82, 2.24) is 9.80 Å². The summed E-state index contributed by atoms with van der Waals surface area (Å²) in [7, 11) is 6.77. The molecule has 7 rings (SSSR count). The van der Waals surface area contributed by atoms with Gasteiger partial charge in [0.25, 0.3) is 0 Å². The second-order valence-corrected chi connectivity index (χ2v) is 14.4. The molecule has 5 aliphatic rings. The number of nitrogens with zero attached hydrogens (tertiary/aromatic N) is 2. The van der Waals surface area contributed by atoms with E-state index >= 15 is 0 Å². The van der Waals surface area contributed by atoms with Crippen LogP contribution >= 0.6 is 0 Å². The molecule has 2 aromatic carbocycles. The van der Waals surface area contributed by atoms with E-state index in [2.05, 4.69) is 9.80 Å². The van der Waals surface area contributed by atoms with Crippen molar-refractivity contribution in [2.45, 2.75) is 86.7 Å². The zero-order chi connectivity index (χ0) is 33.7. The molecule has 0 spiro atoms. The van der Waals surface area contributed by atoms with Crippen molar-refractivity contribution in [3.63, 3.8) is 0 Å². The first-order valence-electron chi connectivity index (χ1n) is 17.3. The highest BCUT2D eigenvalue weighted by molar-refractivity contribution is 5.88. The molecule has 48 heavy (non-hydrogen) atoms. The summed E-state index contributed by atoms with van der Waals surface area (Å²) in [4.78, 5) is 59.7. The molecule has 2 aromatic rings. The van der Waals surface area contributed by atoms with E-state index in [1.165, 1.54) is 14.2 Å². The molecule has 1 aliphatic carbocycles. The first kappa shape index (κ1) is 32.8. The Morgan fingerprint density at radius 2 is 0.917 bits per heavy atom. The third-order valence-corrected chi connectivity index (χ3v) is 12.4. The molecule has 1 saturated carbocycles. The lowest BCUT2D eigenvalue weighted by Crippen LogP contribution is -2.58. The Balaban J connectivity index is 1.23. The number of hydrogen-bond donors (Lipinski definition) is 0. The van der Waals surface area contributed by atoms with Crippen molar-refractivity contribution in [2.75, 3.05) is 28.3 Å². The third-order valence-electron chi connectivity index (χ3n) is 12.4. The van der Waals surface area contributed by atoms with Gasteiger partial charge in [0.2, 0.25) is 0 Å². The Bertz CT molecular complexity index is 1410. The van der Waals surface area contributed by atoms with E-state index in [4.69, 9.17) is 18.9 Å². The number of fused-ring (bicyclic) bond motifs is 4. The van der Waals surface area contributed by atoms with Gasteiger partial charge in [-0.1, -0.05) is 60.7 Å². The van der Waals surface area contributed by atoms with Crippen LogP contribution < -0.4 is 0 Å². The van der Waals surface area contributed by atoms with Gasteiger partial charge in [0.15, 0.2) is 0 Å². The predicted octanol–water partition coefficient (Wildman–Crippen LogP) is 3.94. The molecule has 0 aromatic heterocycles. The van der Waals surface area contributed by atoms with Crippen LogP contribution in [-0.2, 0) is 38.1 Å². The molecule has 12 atom stereocenters. The molecule has 0 unspecified atom stereocenters. The van der Waals surface area contributed by atoms with E-state index in [0.29, 0.717) is 12.8 Å². The summed E-state index contributed by atoms with van der Waals surface area (Å²) in [5, 5.41) is 0. The summed E-state index contributed by atoms with van der Waals surface area (Å²) in [6.45, 7) is 0. The highest BCUT2D eigenvalue weighted by atomic mass is 16.6. The maximum atomic E-state index is 14.5. The molecule has 4 aliphatic heterocycles. The number of piperidine rings is 2. The van der Waals surface area contributed by atoms with Gasteiger partial charge in [0.1, 0.15) is 24.0 Å². The van der Waals surface area contributed by atoms with Gasteiger partial charge in [-0.25, -0.2) is 0 Å². The van der Waals surface area contributed by atoms with Gasteiger partial charge in [0.05, 0.1) is 26.1 Å². The molecule has 256 valence electrons. The average molecular weight is 659 g/mol. The summed E-state index contributed by atoms with van der Waals surface area (Å²) >= 11 is 0. The van der Waals surface area contributed by atoms with Gasteiger partial charge in [-0.15, -0.1) is 0 Å². The minimum atomic E-state index is -0.847. The first-order chi connectivity index (χ1) is 23.2. The lowest BCUT2D eigenvalue weighted by molar-refractivity contribution is -0.190. The maximum Gasteiger partial charge on any atom is 0.314 e. The van der Waals surface area contributed by atoms with Crippen LogP contribution in [0.3, 0.4) is 0 Å². The number of benzene rings is 2. The Morgan fingerprint density at radius 1 is 0.542 bits per heavy atom. The molecule has 0 radical (unpaired) electrons. The molecule has 4 heterocycles. The molecule has 10 heteroatoms.